The predicted octanol–water partition coefficient (Wildman–Crippen LogP) is 2.89. The number of nitrogens with one attached hydrogen (secondary N) is 3. The van der Waals surface area contributed by atoms with Crippen LogP contribution in [0.25, 0.3) is 0 Å². The minimum atomic E-state index is 0.367. The van der Waals surface area contributed by atoms with Crippen LogP contribution < -0.4 is 20.7 Å². The summed E-state index contributed by atoms with van der Waals surface area (Å²) in [5.74, 6) is 1.60. The molecule has 2 rings (SSSR count). The van der Waals surface area contributed by atoms with Gasteiger partial charge in [-0.3, -0.25) is 10.3 Å². The van der Waals surface area contributed by atoms with Gasteiger partial charge >= 0.3 is 0 Å². The van der Waals surface area contributed by atoms with Crippen LogP contribution in [-0.4, -0.2) is 48.4 Å². The van der Waals surface area contributed by atoms with E-state index in [9.17, 15) is 0 Å². The van der Waals surface area contributed by atoms with E-state index in [4.69, 9.17) is 21.7 Å². The minimum Gasteiger partial charge on any atom is -0.495 e. The lowest BCUT2D eigenvalue weighted by Gasteiger charge is -2.15. The summed E-state index contributed by atoms with van der Waals surface area (Å²) in [6.45, 7) is 5.01. The number of anilines is 2. The van der Waals surface area contributed by atoms with Gasteiger partial charge in [0, 0.05) is 31.6 Å². The lowest BCUT2D eigenvalue weighted by molar-refractivity contribution is 0.197. The second kappa shape index (κ2) is 11.2. The Morgan fingerprint density at radius 2 is 1.82 bits per heavy atom. The number of methoxy groups -OCH3 is 2. The van der Waals surface area contributed by atoms with E-state index < -0.39 is 0 Å². The van der Waals surface area contributed by atoms with Crippen molar-refractivity contribution in [3.05, 3.63) is 41.7 Å². The maximum atomic E-state index is 5.43. The third-order valence-electron chi connectivity index (χ3n) is 3.58. The Morgan fingerprint density at radius 3 is 2.50 bits per heavy atom. The van der Waals surface area contributed by atoms with Gasteiger partial charge in [0.2, 0.25) is 11.9 Å². The van der Waals surface area contributed by atoms with E-state index in [1.54, 1.807) is 14.2 Å². The number of ether oxygens (including phenoxy) is 2. The van der Waals surface area contributed by atoms with Gasteiger partial charge in [0.15, 0.2) is 5.11 Å². The van der Waals surface area contributed by atoms with Crippen LogP contribution >= 0.6 is 12.2 Å². The van der Waals surface area contributed by atoms with Crippen LogP contribution in [0.2, 0.25) is 0 Å². The summed E-state index contributed by atoms with van der Waals surface area (Å²) in [4.78, 5) is 13.3. The number of aromatic nitrogens is 2. The fourth-order valence-electron chi connectivity index (χ4n) is 2.41. The van der Waals surface area contributed by atoms with Gasteiger partial charge in [-0.05, 0) is 50.7 Å². The molecule has 0 fully saturated rings. The van der Waals surface area contributed by atoms with Crippen LogP contribution in [0.4, 0.5) is 11.6 Å². The van der Waals surface area contributed by atoms with Gasteiger partial charge < -0.3 is 20.1 Å². The summed E-state index contributed by atoms with van der Waals surface area (Å²) >= 11 is 5.43. The summed E-state index contributed by atoms with van der Waals surface area (Å²) in [6, 6.07) is 9.42. The standard InChI is InChI=1S/C19H26N6O2S/c1-13-12-14(2)22-18(21-13)24-17(20-10-7-11-26-3)25-19(28)23-15-8-5-6-9-16(15)27-4/h5-6,8-9,12H,7,10-11H2,1-4H3,(H3,20,21,22,23,24,25,28). The van der Waals surface area contributed by atoms with E-state index in [1.165, 1.54) is 0 Å². The number of nitrogens with zero attached hydrogens (tertiary/aromatic N) is 3. The van der Waals surface area contributed by atoms with Crippen LogP contribution in [0.1, 0.15) is 17.8 Å². The number of benzene rings is 1. The lowest BCUT2D eigenvalue weighted by Crippen LogP contribution is -2.39. The van der Waals surface area contributed by atoms with Crippen LogP contribution in [0.15, 0.2) is 35.3 Å². The second-order valence-corrected chi connectivity index (χ2v) is 6.36. The molecule has 0 unspecified atom stereocenters. The zero-order chi connectivity index (χ0) is 20.4. The molecule has 1 aromatic carbocycles. The number of guanidine groups is 1. The number of hydrogen-bond acceptors (Lipinski definition) is 6. The third-order valence-corrected chi connectivity index (χ3v) is 3.78. The van der Waals surface area contributed by atoms with Crippen molar-refractivity contribution in [1.29, 1.82) is 0 Å². The quantitative estimate of drug-likeness (QED) is 0.282. The molecule has 1 heterocycles. The van der Waals surface area contributed by atoms with Gasteiger partial charge in [-0.15, -0.1) is 0 Å². The minimum absolute atomic E-state index is 0.367. The van der Waals surface area contributed by atoms with Crippen LogP contribution in [0, 0.1) is 13.8 Å². The Labute approximate surface area is 170 Å². The maximum absolute atomic E-state index is 5.43. The molecule has 0 saturated carbocycles. The largest absolute Gasteiger partial charge is 0.495 e. The van der Waals surface area contributed by atoms with Gasteiger partial charge in [-0.25, -0.2) is 9.97 Å². The van der Waals surface area contributed by atoms with Crippen molar-refractivity contribution in [2.24, 2.45) is 4.99 Å². The second-order valence-electron chi connectivity index (χ2n) is 5.96. The molecule has 150 valence electrons. The first-order valence-corrected chi connectivity index (χ1v) is 9.26. The number of thiocarbonyl (C=S) groups is 1. The molecular formula is C19H26N6O2S. The molecule has 0 amide bonds. The average molecular weight is 403 g/mol. The van der Waals surface area contributed by atoms with Crippen LogP contribution in [-0.2, 0) is 4.74 Å². The third kappa shape index (κ3) is 7.09. The highest BCUT2D eigenvalue weighted by Crippen LogP contribution is 2.22. The number of hydrogen-bond donors (Lipinski definition) is 3. The van der Waals surface area contributed by atoms with E-state index in [2.05, 4.69) is 30.9 Å². The molecule has 8 nitrogen and oxygen atoms in total. The first-order chi connectivity index (χ1) is 13.5. The number of para-hydroxylation sites is 2. The molecule has 0 saturated heterocycles. The van der Waals surface area contributed by atoms with Crippen molar-refractivity contribution < 1.29 is 9.47 Å². The van der Waals surface area contributed by atoms with E-state index in [1.807, 2.05) is 44.2 Å². The normalized spacial score (nSPS) is 11.1. The molecule has 0 bridgehead atoms. The summed E-state index contributed by atoms with van der Waals surface area (Å²) < 4.78 is 10.4. The number of aryl methyl sites for hydroxylation is 2. The molecule has 0 radical (unpaired) electrons. The van der Waals surface area contributed by atoms with Gasteiger partial charge in [0.05, 0.1) is 12.8 Å². The van der Waals surface area contributed by atoms with E-state index >= 15 is 0 Å². The molecule has 28 heavy (non-hydrogen) atoms. The van der Waals surface area contributed by atoms with Crippen LogP contribution in [0.3, 0.4) is 0 Å². The van der Waals surface area contributed by atoms with Gasteiger partial charge in [0.25, 0.3) is 0 Å². The molecule has 0 aliphatic rings. The Morgan fingerprint density at radius 1 is 1.11 bits per heavy atom. The number of aliphatic imine (C=N–C) groups is 1. The van der Waals surface area contributed by atoms with Gasteiger partial charge in [0.1, 0.15) is 5.75 Å². The zero-order valence-electron chi connectivity index (χ0n) is 16.6. The fourth-order valence-corrected chi connectivity index (χ4v) is 2.61. The Bertz CT molecular complexity index is 808. The zero-order valence-corrected chi connectivity index (χ0v) is 17.4. The summed E-state index contributed by atoms with van der Waals surface area (Å²) in [5.41, 5.74) is 2.48. The molecule has 0 aliphatic heterocycles. The molecular weight excluding hydrogens is 376 g/mol. The highest BCUT2D eigenvalue weighted by Gasteiger charge is 2.09. The van der Waals surface area contributed by atoms with Gasteiger partial charge in [-0.1, -0.05) is 12.1 Å². The SMILES string of the molecule is COCCCN=C(NC(=S)Nc1ccccc1OC)Nc1nc(C)cc(C)n1. The Hall–Kier alpha value is -2.78. The highest BCUT2D eigenvalue weighted by atomic mass is 32.1. The van der Waals surface area contributed by atoms with Crippen molar-refractivity contribution in [3.63, 3.8) is 0 Å². The molecule has 0 atom stereocenters. The smallest absolute Gasteiger partial charge is 0.229 e. The van der Waals surface area contributed by atoms with E-state index in [0.29, 0.717) is 35.9 Å². The first-order valence-electron chi connectivity index (χ1n) is 8.85. The first kappa shape index (κ1) is 21.5. The Balaban J connectivity index is 2.10. The van der Waals surface area contributed by atoms with Crippen molar-refractivity contribution in [2.75, 3.05) is 38.0 Å². The summed E-state index contributed by atoms with van der Waals surface area (Å²) in [7, 11) is 3.27. The van der Waals surface area contributed by atoms with Crippen molar-refractivity contribution >= 4 is 34.9 Å². The molecule has 0 aliphatic carbocycles. The molecule has 1 aromatic heterocycles. The highest BCUT2D eigenvalue weighted by molar-refractivity contribution is 7.80. The molecule has 0 spiro atoms. The van der Waals surface area contributed by atoms with Crippen molar-refractivity contribution in [3.8, 4) is 5.75 Å². The van der Waals surface area contributed by atoms with Gasteiger partial charge in [-0.2, -0.15) is 0 Å². The van der Waals surface area contributed by atoms with Crippen molar-refractivity contribution in [1.82, 2.24) is 15.3 Å². The van der Waals surface area contributed by atoms with E-state index in [-0.39, 0.29) is 0 Å². The summed E-state index contributed by atoms with van der Waals surface area (Å²) in [6.07, 6.45) is 0.782. The number of rotatable bonds is 7. The Kier molecular flexibility index (Phi) is 8.57. The lowest BCUT2D eigenvalue weighted by atomic mass is 10.3. The maximum Gasteiger partial charge on any atom is 0.229 e. The van der Waals surface area contributed by atoms with Crippen molar-refractivity contribution in [2.45, 2.75) is 20.3 Å². The predicted molar refractivity (Wildman–Crippen MR) is 116 cm³/mol. The van der Waals surface area contributed by atoms with E-state index in [0.717, 1.165) is 23.5 Å². The molecule has 2 aromatic rings. The molecule has 3 N–H and O–H groups in total. The topological polar surface area (TPSA) is 92.7 Å². The monoisotopic (exact) mass is 402 g/mol. The van der Waals surface area contributed by atoms with Crippen LogP contribution in [0.5, 0.6) is 5.75 Å². The summed E-state index contributed by atoms with van der Waals surface area (Å²) in [5, 5.41) is 9.64. The molecule has 9 heteroatoms. The fraction of sp³-hybridized carbons (Fsp3) is 0.368. The average Bonchev–Trinajstić information content (AvgIpc) is 2.64.